The van der Waals surface area contributed by atoms with E-state index in [1.165, 1.54) is 7.11 Å². The Morgan fingerprint density at radius 3 is 2.37 bits per heavy atom. The van der Waals surface area contributed by atoms with Gasteiger partial charge in [0.25, 0.3) is 0 Å². The molecule has 2 aromatic carbocycles. The minimum Gasteiger partial charge on any atom is -0.497 e. The Morgan fingerprint density at radius 1 is 1.04 bits per heavy atom. The molecule has 0 aromatic heterocycles. The van der Waals surface area contributed by atoms with Crippen LogP contribution in [0.5, 0.6) is 5.75 Å². The van der Waals surface area contributed by atoms with Gasteiger partial charge in [0.1, 0.15) is 18.4 Å². The Kier molecular flexibility index (Phi) is 8.51. The minimum atomic E-state index is -0.760. The third-order valence-electron chi connectivity index (χ3n) is 3.73. The van der Waals surface area contributed by atoms with E-state index in [9.17, 15) is 9.59 Å². The van der Waals surface area contributed by atoms with Crippen molar-refractivity contribution in [3.63, 3.8) is 0 Å². The van der Waals surface area contributed by atoms with Crippen molar-refractivity contribution in [2.75, 3.05) is 20.0 Å². The zero-order valence-corrected chi connectivity index (χ0v) is 16.2. The van der Waals surface area contributed by atoms with Gasteiger partial charge in [0.05, 0.1) is 14.2 Å². The van der Waals surface area contributed by atoms with Crippen molar-refractivity contribution >= 4 is 23.8 Å². The van der Waals surface area contributed by atoms with Crippen LogP contribution in [-0.2, 0) is 20.9 Å². The minimum absolute atomic E-state index is 0.140. The number of hydrogen-bond acceptors (Lipinski definition) is 6. The Hall–Kier alpha value is -2.67. The van der Waals surface area contributed by atoms with Crippen LogP contribution in [0.3, 0.4) is 0 Å². The Bertz CT molecular complexity index is 721. The van der Waals surface area contributed by atoms with Crippen molar-refractivity contribution < 1.29 is 23.8 Å². The number of ether oxygens (including phenoxy) is 3. The molecule has 1 N–H and O–H groups in total. The second kappa shape index (κ2) is 11.1. The zero-order valence-electron chi connectivity index (χ0n) is 15.3. The van der Waals surface area contributed by atoms with Gasteiger partial charge in [0.15, 0.2) is 0 Å². The summed E-state index contributed by atoms with van der Waals surface area (Å²) in [5, 5.41) is 2.57. The van der Waals surface area contributed by atoms with Crippen LogP contribution in [0.4, 0.5) is 4.79 Å². The summed E-state index contributed by atoms with van der Waals surface area (Å²) >= 11 is 1.58. The zero-order chi connectivity index (χ0) is 19.5. The van der Waals surface area contributed by atoms with E-state index >= 15 is 0 Å². The summed E-state index contributed by atoms with van der Waals surface area (Å²) in [6, 6.07) is 16.2. The summed E-state index contributed by atoms with van der Waals surface area (Å²) in [7, 11) is 2.91. The van der Waals surface area contributed by atoms with Gasteiger partial charge in [-0.3, -0.25) is 0 Å². The fourth-order valence-electron chi connectivity index (χ4n) is 2.26. The molecule has 0 spiro atoms. The number of carbonyl (C=O) groups is 2. The van der Waals surface area contributed by atoms with Crippen LogP contribution in [0.25, 0.3) is 0 Å². The average molecular weight is 389 g/mol. The molecule has 0 bridgehead atoms. The number of carbonyl (C=O) groups excluding carboxylic acids is 2. The van der Waals surface area contributed by atoms with Gasteiger partial charge >= 0.3 is 12.1 Å². The second-order valence-corrected chi connectivity index (χ2v) is 6.76. The Labute approximate surface area is 163 Å². The monoisotopic (exact) mass is 389 g/mol. The number of nitrogens with one attached hydrogen (secondary N) is 1. The van der Waals surface area contributed by atoms with E-state index in [1.807, 2.05) is 54.6 Å². The van der Waals surface area contributed by atoms with Crippen molar-refractivity contribution in [3.8, 4) is 5.75 Å². The Balaban J connectivity index is 1.81. The summed E-state index contributed by atoms with van der Waals surface area (Å²) < 4.78 is 15.1. The standard InChI is InChI=1S/C20H23NO5S/c1-24-16-8-10-17(11-9-16)27-13-12-18(19(22)25-2)21-20(23)26-14-15-6-4-3-5-7-15/h3-11,18H,12-14H2,1-2H3,(H,21,23). The van der Waals surface area contributed by atoms with E-state index in [0.717, 1.165) is 16.2 Å². The topological polar surface area (TPSA) is 73.9 Å². The maximum absolute atomic E-state index is 12.0. The number of rotatable bonds is 9. The number of hydrogen-bond donors (Lipinski definition) is 1. The summed E-state index contributed by atoms with van der Waals surface area (Å²) in [4.78, 5) is 25.0. The molecular weight excluding hydrogens is 366 g/mol. The van der Waals surface area contributed by atoms with Gasteiger partial charge in [0.2, 0.25) is 0 Å². The molecule has 27 heavy (non-hydrogen) atoms. The first-order valence-electron chi connectivity index (χ1n) is 8.44. The predicted molar refractivity (Wildman–Crippen MR) is 104 cm³/mol. The van der Waals surface area contributed by atoms with Gasteiger partial charge in [-0.2, -0.15) is 0 Å². The maximum Gasteiger partial charge on any atom is 0.408 e. The number of amides is 1. The molecular formula is C20H23NO5S. The molecule has 2 rings (SSSR count). The molecule has 1 amide bonds. The normalized spacial score (nSPS) is 11.3. The molecule has 2 aromatic rings. The van der Waals surface area contributed by atoms with Crippen molar-refractivity contribution in [3.05, 3.63) is 60.2 Å². The SMILES string of the molecule is COC(=O)C(CCSc1ccc(OC)cc1)NC(=O)OCc1ccccc1. The van der Waals surface area contributed by atoms with E-state index in [1.54, 1.807) is 18.9 Å². The van der Waals surface area contributed by atoms with Crippen LogP contribution in [0.2, 0.25) is 0 Å². The molecule has 0 aliphatic carbocycles. The summed E-state index contributed by atoms with van der Waals surface area (Å²) in [6.07, 6.45) is -0.229. The number of esters is 1. The molecule has 1 atom stereocenters. The molecule has 0 saturated carbocycles. The summed E-state index contributed by atoms with van der Waals surface area (Å²) in [5.41, 5.74) is 0.873. The lowest BCUT2D eigenvalue weighted by molar-refractivity contribution is -0.143. The second-order valence-electron chi connectivity index (χ2n) is 5.59. The van der Waals surface area contributed by atoms with Crippen molar-refractivity contribution in [2.24, 2.45) is 0 Å². The van der Waals surface area contributed by atoms with E-state index in [4.69, 9.17) is 14.2 Å². The largest absolute Gasteiger partial charge is 0.497 e. The first kappa shape index (κ1) is 20.6. The van der Waals surface area contributed by atoms with E-state index in [2.05, 4.69) is 5.32 Å². The van der Waals surface area contributed by atoms with Crippen molar-refractivity contribution in [1.29, 1.82) is 0 Å². The van der Waals surface area contributed by atoms with Crippen LogP contribution in [-0.4, -0.2) is 38.1 Å². The number of benzene rings is 2. The lowest BCUT2D eigenvalue weighted by atomic mass is 10.2. The molecule has 0 fully saturated rings. The fourth-order valence-corrected chi connectivity index (χ4v) is 3.18. The molecule has 0 radical (unpaired) electrons. The molecule has 0 aliphatic rings. The quantitative estimate of drug-likeness (QED) is 0.521. The number of alkyl carbamates (subject to hydrolysis) is 1. The molecule has 7 heteroatoms. The van der Waals surface area contributed by atoms with Gasteiger partial charge in [-0.05, 0) is 36.2 Å². The van der Waals surface area contributed by atoms with Crippen LogP contribution in [0.15, 0.2) is 59.5 Å². The van der Waals surface area contributed by atoms with Crippen molar-refractivity contribution in [2.45, 2.75) is 24.0 Å². The Morgan fingerprint density at radius 2 is 1.74 bits per heavy atom. The van der Waals surface area contributed by atoms with E-state index in [0.29, 0.717) is 12.2 Å². The molecule has 144 valence electrons. The van der Waals surface area contributed by atoms with Crippen molar-refractivity contribution in [1.82, 2.24) is 5.32 Å². The first-order chi connectivity index (χ1) is 13.1. The third-order valence-corrected chi connectivity index (χ3v) is 4.77. The van der Waals surface area contributed by atoms with E-state index in [-0.39, 0.29) is 6.61 Å². The van der Waals surface area contributed by atoms with Gasteiger partial charge in [0, 0.05) is 10.6 Å². The highest BCUT2D eigenvalue weighted by Gasteiger charge is 2.22. The third kappa shape index (κ3) is 7.22. The molecule has 0 aliphatic heterocycles. The van der Waals surface area contributed by atoms with E-state index < -0.39 is 18.1 Å². The maximum atomic E-state index is 12.0. The highest BCUT2D eigenvalue weighted by molar-refractivity contribution is 7.99. The molecule has 1 unspecified atom stereocenters. The fraction of sp³-hybridized carbons (Fsp3) is 0.300. The van der Waals surface area contributed by atoms with Gasteiger partial charge in [-0.25, -0.2) is 9.59 Å². The average Bonchev–Trinajstić information content (AvgIpc) is 2.72. The van der Waals surface area contributed by atoms with Gasteiger partial charge in [-0.1, -0.05) is 30.3 Å². The van der Waals surface area contributed by atoms with Crippen LogP contribution in [0, 0.1) is 0 Å². The van der Waals surface area contributed by atoms with Crippen LogP contribution < -0.4 is 10.1 Å². The van der Waals surface area contributed by atoms with Gasteiger partial charge in [-0.15, -0.1) is 11.8 Å². The first-order valence-corrected chi connectivity index (χ1v) is 9.43. The summed E-state index contributed by atoms with van der Waals surface area (Å²) in [5.74, 6) is 0.919. The lowest BCUT2D eigenvalue weighted by Crippen LogP contribution is -2.42. The smallest absolute Gasteiger partial charge is 0.408 e. The summed E-state index contributed by atoms with van der Waals surface area (Å²) in [6.45, 7) is 0.140. The number of methoxy groups -OCH3 is 2. The highest BCUT2D eigenvalue weighted by Crippen LogP contribution is 2.22. The van der Waals surface area contributed by atoms with Gasteiger partial charge < -0.3 is 19.5 Å². The highest BCUT2D eigenvalue weighted by atomic mass is 32.2. The molecule has 6 nitrogen and oxygen atoms in total. The molecule has 0 heterocycles. The number of thioether (sulfide) groups is 1. The molecule has 0 saturated heterocycles. The van der Waals surface area contributed by atoms with Crippen LogP contribution >= 0.6 is 11.8 Å². The van der Waals surface area contributed by atoms with Crippen LogP contribution in [0.1, 0.15) is 12.0 Å². The predicted octanol–water partition coefficient (Wildman–Crippen LogP) is 3.65. The lowest BCUT2D eigenvalue weighted by Gasteiger charge is -2.16.